The van der Waals surface area contributed by atoms with Crippen LogP contribution in [0.3, 0.4) is 0 Å². The van der Waals surface area contributed by atoms with Crippen LogP contribution in [0.25, 0.3) is 11.0 Å². The average Bonchev–Trinajstić information content (AvgIpc) is 2.49. The summed E-state index contributed by atoms with van der Waals surface area (Å²) >= 11 is 0. The number of aryl methyl sites for hydroxylation is 1. The van der Waals surface area contributed by atoms with Gasteiger partial charge in [-0.2, -0.15) is 0 Å². The highest BCUT2D eigenvalue weighted by Crippen LogP contribution is 2.08. The van der Waals surface area contributed by atoms with Gasteiger partial charge in [-0.1, -0.05) is 17.3 Å². The molecule has 56 valence electrons. The summed E-state index contributed by atoms with van der Waals surface area (Å²) in [7, 11) is 0. The van der Waals surface area contributed by atoms with Gasteiger partial charge in [-0.3, -0.25) is 0 Å². The van der Waals surface area contributed by atoms with E-state index in [0.29, 0.717) is 6.04 Å². The summed E-state index contributed by atoms with van der Waals surface area (Å²) in [4.78, 5) is 0. The Morgan fingerprint density at radius 2 is 2.55 bits per heavy atom. The Labute approximate surface area is 66.0 Å². The van der Waals surface area contributed by atoms with E-state index in [0.717, 1.165) is 17.6 Å². The molecule has 0 atom stereocenters. The zero-order chi connectivity index (χ0) is 8.55. The van der Waals surface area contributed by atoms with Gasteiger partial charge in [0.05, 0.1) is 6.89 Å². The third kappa shape index (κ3) is 0.888. The lowest BCUT2D eigenvalue weighted by molar-refractivity contribution is 0.646. The van der Waals surface area contributed by atoms with Crippen LogP contribution in [0, 0.1) is 0 Å². The van der Waals surface area contributed by atoms with Gasteiger partial charge in [0.25, 0.3) is 0 Å². The number of fused-ring (bicyclic) bond motifs is 1. The van der Waals surface area contributed by atoms with Gasteiger partial charge in [0.1, 0.15) is 5.52 Å². The molecule has 0 spiro atoms. The van der Waals surface area contributed by atoms with Gasteiger partial charge >= 0.3 is 0 Å². The van der Waals surface area contributed by atoms with Crippen LogP contribution in [-0.4, -0.2) is 15.0 Å². The van der Waals surface area contributed by atoms with Crippen molar-refractivity contribution >= 4 is 11.0 Å². The van der Waals surface area contributed by atoms with Gasteiger partial charge in [0.2, 0.25) is 0 Å². The number of para-hydroxylation sites is 1. The van der Waals surface area contributed by atoms with Crippen molar-refractivity contribution in [2.45, 2.75) is 13.5 Å². The normalized spacial score (nSPS) is 11.9. The van der Waals surface area contributed by atoms with Crippen molar-refractivity contribution in [2.24, 2.45) is 0 Å². The van der Waals surface area contributed by atoms with E-state index in [1.165, 1.54) is 0 Å². The fourth-order valence-electron chi connectivity index (χ4n) is 1.07. The predicted octanol–water partition coefficient (Wildman–Crippen LogP) is 1.45. The molecule has 11 heavy (non-hydrogen) atoms. The van der Waals surface area contributed by atoms with Crippen LogP contribution in [0.1, 0.15) is 8.29 Å². The molecule has 0 amide bonds. The van der Waals surface area contributed by atoms with Gasteiger partial charge in [-0.05, 0) is 19.0 Å². The maximum atomic E-state index is 7.62. The molecule has 0 aliphatic carbocycles. The molecule has 0 N–H and O–H groups in total. The highest BCUT2D eigenvalue weighted by Gasteiger charge is 1.98. The van der Waals surface area contributed by atoms with Crippen molar-refractivity contribution in [1.82, 2.24) is 15.0 Å². The summed E-state index contributed by atoms with van der Waals surface area (Å²) < 4.78 is 9.36. The van der Waals surface area contributed by atoms with E-state index in [1.54, 1.807) is 10.7 Å². The van der Waals surface area contributed by atoms with Crippen molar-refractivity contribution in [1.29, 1.82) is 0 Å². The van der Waals surface area contributed by atoms with Crippen molar-refractivity contribution in [3.8, 4) is 0 Å². The van der Waals surface area contributed by atoms with Crippen LogP contribution >= 0.6 is 0 Å². The van der Waals surface area contributed by atoms with Crippen LogP contribution in [0.15, 0.2) is 24.2 Å². The smallest absolute Gasteiger partial charge is 0.113 e. The first-order chi connectivity index (χ1) is 5.83. The van der Waals surface area contributed by atoms with Gasteiger partial charge in [-0.25, -0.2) is 4.68 Å². The van der Waals surface area contributed by atoms with E-state index in [9.17, 15) is 0 Å². The molecule has 0 radical (unpaired) electrons. The van der Waals surface area contributed by atoms with Gasteiger partial charge in [-0.15, -0.1) is 5.10 Å². The second-order valence-electron chi connectivity index (χ2n) is 2.31. The Hall–Kier alpha value is -1.38. The lowest BCUT2D eigenvalue weighted by Gasteiger charge is -1.93. The molecule has 2 aromatic rings. The summed E-state index contributed by atoms with van der Waals surface area (Å²) in [6.07, 6.45) is 0. The number of benzene rings is 1. The maximum absolute atomic E-state index is 7.62. The molecule has 1 aromatic carbocycles. The number of aromatic nitrogens is 3. The van der Waals surface area contributed by atoms with Gasteiger partial charge < -0.3 is 0 Å². The highest BCUT2D eigenvalue weighted by atomic mass is 15.4. The van der Waals surface area contributed by atoms with Crippen LogP contribution < -0.4 is 0 Å². The Kier molecular flexibility index (Phi) is 1.13. The standard InChI is InChI=1S/C8H9N3/c1-2-11-8-6-4-3-5-7(8)9-10-11/h3-6H,2H2,1H3/i6D. The molecule has 0 saturated heterocycles. The monoisotopic (exact) mass is 148 g/mol. The molecule has 0 saturated carbocycles. The summed E-state index contributed by atoms with van der Waals surface area (Å²) in [5.41, 5.74) is 1.62. The molecular weight excluding hydrogens is 138 g/mol. The Bertz CT molecular complexity index is 408. The zero-order valence-corrected chi connectivity index (χ0v) is 6.28. The van der Waals surface area contributed by atoms with Crippen molar-refractivity contribution in [3.63, 3.8) is 0 Å². The molecular formula is C8H9N3. The SMILES string of the molecule is [2H]c1cccc2nnn(CC)c12. The fraction of sp³-hybridized carbons (Fsp3) is 0.250. The lowest BCUT2D eigenvalue weighted by atomic mass is 10.3. The van der Waals surface area contributed by atoms with Crippen molar-refractivity contribution in [2.75, 3.05) is 0 Å². The quantitative estimate of drug-likeness (QED) is 0.612. The van der Waals surface area contributed by atoms with E-state index in [1.807, 2.05) is 19.1 Å². The molecule has 1 heterocycles. The number of hydrogen-bond acceptors (Lipinski definition) is 2. The lowest BCUT2D eigenvalue weighted by Crippen LogP contribution is -1.95. The third-order valence-corrected chi connectivity index (χ3v) is 1.63. The first kappa shape index (κ1) is 5.29. The van der Waals surface area contributed by atoms with E-state index in [2.05, 4.69) is 10.3 Å². The predicted molar refractivity (Wildman–Crippen MR) is 43.2 cm³/mol. The first-order valence-corrected chi connectivity index (χ1v) is 3.61. The van der Waals surface area contributed by atoms with Crippen LogP contribution in [0.2, 0.25) is 0 Å². The van der Waals surface area contributed by atoms with Crippen molar-refractivity contribution in [3.05, 3.63) is 24.2 Å². The summed E-state index contributed by atoms with van der Waals surface area (Å²) in [5.74, 6) is 0. The number of hydrogen-bond donors (Lipinski definition) is 0. The molecule has 3 heteroatoms. The maximum Gasteiger partial charge on any atom is 0.113 e. The minimum atomic E-state index is 0.486. The fourth-order valence-corrected chi connectivity index (χ4v) is 1.07. The molecule has 0 aliphatic rings. The Morgan fingerprint density at radius 1 is 1.64 bits per heavy atom. The van der Waals surface area contributed by atoms with E-state index in [4.69, 9.17) is 1.37 Å². The molecule has 0 aliphatic heterocycles. The summed E-state index contributed by atoms with van der Waals surface area (Å²) in [6, 6.07) is 5.92. The number of rotatable bonds is 1. The van der Waals surface area contributed by atoms with E-state index in [-0.39, 0.29) is 0 Å². The summed E-state index contributed by atoms with van der Waals surface area (Å²) in [5, 5.41) is 7.86. The zero-order valence-electron chi connectivity index (χ0n) is 7.28. The molecule has 2 rings (SSSR count). The molecule has 0 unspecified atom stereocenters. The van der Waals surface area contributed by atoms with E-state index < -0.39 is 0 Å². The second kappa shape index (κ2) is 2.34. The topological polar surface area (TPSA) is 30.7 Å². The van der Waals surface area contributed by atoms with E-state index >= 15 is 0 Å². The average molecular weight is 148 g/mol. The molecule has 0 fully saturated rings. The van der Waals surface area contributed by atoms with Crippen molar-refractivity contribution < 1.29 is 1.37 Å². The first-order valence-electron chi connectivity index (χ1n) is 4.11. The Morgan fingerprint density at radius 3 is 3.36 bits per heavy atom. The van der Waals surface area contributed by atoms with Gasteiger partial charge in [0.15, 0.2) is 0 Å². The van der Waals surface area contributed by atoms with Crippen LogP contribution in [-0.2, 0) is 6.54 Å². The molecule has 1 aromatic heterocycles. The largest absolute Gasteiger partial charge is 0.245 e. The number of nitrogens with zero attached hydrogens (tertiary/aromatic N) is 3. The minimum Gasteiger partial charge on any atom is -0.245 e. The third-order valence-electron chi connectivity index (χ3n) is 1.63. The second-order valence-corrected chi connectivity index (χ2v) is 2.31. The minimum absolute atomic E-state index is 0.486. The van der Waals surface area contributed by atoms with Crippen LogP contribution in [0.5, 0.6) is 0 Å². The molecule has 3 nitrogen and oxygen atoms in total. The Balaban J connectivity index is 2.83. The summed E-state index contributed by atoms with van der Waals surface area (Å²) in [6.45, 7) is 2.74. The highest BCUT2D eigenvalue weighted by molar-refractivity contribution is 5.73. The van der Waals surface area contributed by atoms with Gasteiger partial charge in [0, 0.05) is 6.54 Å². The molecule has 0 bridgehead atoms. The van der Waals surface area contributed by atoms with Crippen LogP contribution in [0.4, 0.5) is 0 Å².